The van der Waals surface area contributed by atoms with Gasteiger partial charge in [-0.2, -0.15) is 0 Å². The van der Waals surface area contributed by atoms with Crippen LogP contribution in [0.3, 0.4) is 0 Å². The average Bonchev–Trinajstić information content (AvgIpc) is 2.39. The van der Waals surface area contributed by atoms with Gasteiger partial charge in [0.05, 0.1) is 12.7 Å². The van der Waals surface area contributed by atoms with E-state index >= 15 is 0 Å². The standard InChI is InChI=1S/C16H25NO2/c1-17(2)12-13-7-8-14(11-15(13)19-3)16(18)9-5-4-6-10-16/h7-8,11,18H,4-6,9-10,12H2,1-3H3. The summed E-state index contributed by atoms with van der Waals surface area (Å²) in [6.45, 7) is 0.849. The first kappa shape index (κ1) is 14.4. The van der Waals surface area contributed by atoms with E-state index in [-0.39, 0.29) is 0 Å². The number of nitrogens with zero attached hydrogens (tertiary/aromatic N) is 1. The number of rotatable bonds is 4. The van der Waals surface area contributed by atoms with E-state index in [0.29, 0.717) is 0 Å². The van der Waals surface area contributed by atoms with E-state index in [1.165, 1.54) is 6.42 Å². The Morgan fingerprint density at radius 3 is 2.47 bits per heavy atom. The van der Waals surface area contributed by atoms with Crippen LogP contribution in [0.5, 0.6) is 5.75 Å². The third-order valence-electron chi connectivity index (χ3n) is 3.99. The van der Waals surface area contributed by atoms with E-state index in [1.54, 1.807) is 7.11 Å². The van der Waals surface area contributed by atoms with E-state index in [9.17, 15) is 5.11 Å². The van der Waals surface area contributed by atoms with Gasteiger partial charge >= 0.3 is 0 Å². The maximum absolute atomic E-state index is 10.8. The molecule has 0 unspecified atom stereocenters. The predicted octanol–water partition coefficient (Wildman–Crippen LogP) is 2.91. The first-order valence-corrected chi connectivity index (χ1v) is 7.10. The van der Waals surface area contributed by atoms with Crippen molar-refractivity contribution in [2.75, 3.05) is 21.2 Å². The van der Waals surface area contributed by atoms with Crippen LogP contribution in [0, 0.1) is 0 Å². The largest absolute Gasteiger partial charge is 0.496 e. The van der Waals surface area contributed by atoms with Crippen LogP contribution in [0.25, 0.3) is 0 Å². The fraction of sp³-hybridized carbons (Fsp3) is 0.625. The Balaban J connectivity index is 2.27. The molecule has 0 aromatic heterocycles. The van der Waals surface area contributed by atoms with E-state index in [0.717, 1.165) is 49.1 Å². The minimum absolute atomic E-state index is 0.651. The highest BCUT2D eigenvalue weighted by Crippen LogP contribution is 2.38. The van der Waals surface area contributed by atoms with E-state index in [4.69, 9.17) is 4.74 Å². The second-order valence-electron chi connectivity index (χ2n) is 5.86. The van der Waals surface area contributed by atoms with Gasteiger partial charge in [0.1, 0.15) is 5.75 Å². The fourth-order valence-corrected chi connectivity index (χ4v) is 2.93. The second-order valence-corrected chi connectivity index (χ2v) is 5.86. The molecule has 1 aliphatic carbocycles. The van der Waals surface area contributed by atoms with Gasteiger partial charge in [0.15, 0.2) is 0 Å². The van der Waals surface area contributed by atoms with Gasteiger partial charge in [0.25, 0.3) is 0 Å². The second kappa shape index (κ2) is 5.93. The Bertz CT molecular complexity index is 423. The van der Waals surface area contributed by atoms with Crippen LogP contribution in [0.2, 0.25) is 0 Å². The van der Waals surface area contributed by atoms with Crippen LogP contribution in [-0.2, 0) is 12.1 Å². The molecular weight excluding hydrogens is 238 g/mol. The molecule has 0 bridgehead atoms. The Kier molecular flexibility index (Phi) is 4.48. The molecule has 1 aliphatic rings. The molecule has 0 atom stereocenters. The van der Waals surface area contributed by atoms with Crippen LogP contribution in [0.1, 0.15) is 43.2 Å². The topological polar surface area (TPSA) is 32.7 Å². The van der Waals surface area contributed by atoms with Gasteiger partial charge in [-0.3, -0.25) is 0 Å². The van der Waals surface area contributed by atoms with Crippen molar-refractivity contribution < 1.29 is 9.84 Å². The Labute approximate surface area is 116 Å². The molecule has 0 amide bonds. The molecule has 1 saturated carbocycles. The van der Waals surface area contributed by atoms with Crippen molar-refractivity contribution in [2.45, 2.75) is 44.2 Å². The number of hydrogen-bond donors (Lipinski definition) is 1. The summed E-state index contributed by atoms with van der Waals surface area (Å²) in [5, 5.41) is 10.8. The zero-order chi connectivity index (χ0) is 13.9. The number of benzene rings is 1. The van der Waals surface area contributed by atoms with Gasteiger partial charge in [-0.1, -0.05) is 31.4 Å². The lowest BCUT2D eigenvalue weighted by molar-refractivity contribution is -0.000814. The van der Waals surface area contributed by atoms with Gasteiger partial charge in [-0.05, 0) is 38.6 Å². The lowest BCUT2D eigenvalue weighted by Crippen LogP contribution is -2.28. The molecule has 1 aromatic carbocycles. The Hall–Kier alpha value is -1.06. The van der Waals surface area contributed by atoms with Gasteiger partial charge in [0, 0.05) is 12.1 Å². The molecule has 1 N–H and O–H groups in total. The van der Waals surface area contributed by atoms with Crippen molar-refractivity contribution in [2.24, 2.45) is 0 Å². The number of methoxy groups -OCH3 is 1. The molecule has 1 aromatic rings. The molecule has 0 radical (unpaired) electrons. The van der Waals surface area contributed by atoms with Gasteiger partial charge < -0.3 is 14.7 Å². The molecule has 0 saturated heterocycles. The van der Waals surface area contributed by atoms with Crippen molar-refractivity contribution in [1.82, 2.24) is 4.90 Å². The first-order chi connectivity index (χ1) is 9.05. The zero-order valence-corrected chi connectivity index (χ0v) is 12.3. The molecule has 0 spiro atoms. The van der Waals surface area contributed by atoms with Crippen molar-refractivity contribution in [3.63, 3.8) is 0 Å². The SMILES string of the molecule is COc1cc(C2(O)CCCCC2)ccc1CN(C)C. The van der Waals surface area contributed by atoms with Crippen LogP contribution < -0.4 is 4.74 Å². The van der Waals surface area contributed by atoms with E-state index in [2.05, 4.69) is 17.0 Å². The smallest absolute Gasteiger partial charge is 0.123 e. The minimum atomic E-state index is -0.651. The van der Waals surface area contributed by atoms with Crippen molar-refractivity contribution in [1.29, 1.82) is 0 Å². The Morgan fingerprint density at radius 1 is 1.21 bits per heavy atom. The molecular formula is C16H25NO2. The third-order valence-corrected chi connectivity index (χ3v) is 3.99. The lowest BCUT2D eigenvalue weighted by atomic mass is 9.79. The van der Waals surface area contributed by atoms with Crippen molar-refractivity contribution >= 4 is 0 Å². The maximum atomic E-state index is 10.8. The summed E-state index contributed by atoms with van der Waals surface area (Å²) in [6, 6.07) is 6.16. The summed E-state index contributed by atoms with van der Waals surface area (Å²) in [6.07, 6.45) is 5.18. The highest BCUT2D eigenvalue weighted by Gasteiger charge is 2.31. The van der Waals surface area contributed by atoms with Gasteiger partial charge in [0.2, 0.25) is 0 Å². The summed E-state index contributed by atoms with van der Waals surface area (Å²) in [7, 11) is 5.78. The lowest BCUT2D eigenvalue weighted by Gasteiger charge is -2.33. The molecule has 0 aliphatic heterocycles. The third kappa shape index (κ3) is 3.28. The van der Waals surface area contributed by atoms with Crippen molar-refractivity contribution in [3.05, 3.63) is 29.3 Å². The Morgan fingerprint density at radius 2 is 1.89 bits per heavy atom. The highest BCUT2D eigenvalue weighted by atomic mass is 16.5. The van der Waals surface area contributed by atoms with Crippen molar-refractivity contribution in [3.8, 4) is 5.75 Å². The zero-order valence-electron chi connectivity index (χ0n) is 12.3. The number of aliphatic hydroxyl groups is 1. The number of hydrogen-bond acceptors (Lipinski definition) is 3. The summed E-state index contributed by atoms with van der Waals surface area (Å²) < 4.78 is 5.48. The highest BCUT2D eigenvalue weighted by molar-refractivity contribution is 5.40. The molecule has 1 fully saturated rings. The minimum Gasteiger partial charge on any atom is -0.496 e. The van der Waals surface area contributed by atoms with Crippen LogP contribution in [0.15, 0.2) is 18.2 Å². The average molecular weight is 263 g/mol. The molecule has 106 valence electrons. The van der Waals surface area contributed by atoms with Crippen LogP contribution >= 0.6 is 0 Å². The first-order valence-electron chi connectivity index (χ1n) is 7.10. The molecule has 19 heavy (non-hydrogen) atoms. The normalized spacial score (nSPS) is 18.6. The number of ether oxygens (including phenoxy) is 1. The van der Waals surface area contributed by atoms with E-state index < -0.39 is 5.60 Å². The van der Waals surface area contributed by atoms with Gasteiger partial charge in [-0.25, -0.2) is 0 Å². The van der Waals surface area contributed by atoms with E-state index in [1.807, 2.05) is 20.2 Å². The van der Waals surface area contributed by atoms with Gasteiger partial charge in [-0.15, -0.1) is 0 Å². The summed E-state index contributed by atoms with van der Waals surface area (Å²) in [5.74, 6) is 0.880. The molecule has 3 heteroatoms. The predicted molar refractivity (Wildman–Crippen MR) is 77.4 cm³/mol. The quantitative estimate of drug-likeness (QED) is 0.906. The molecule has 0 heterocycles. The van der Waals surface area contributed by atoms with Crippen LogP contribution in [-0.4, -0.2) is 31.2 Å². The summed E-state index contributed by atoms with van der Waals surface area (Å²) >= 11 is 0. The molecule has 2 rings (SSSR count). The summed E-state index contributed by atoms with van der Waals surface area (Å²) in [5.41, 5.74) is 1.52. The summed E-state index contributed by atoms with van der Waals surface area (Å²) in [4.78, 5) is 2.12. The molecule has 3 nitrogen and oxygen atoms in total. The van der Waals surface area contributed by atoms with Crippen LogP contribution in [0.4, 0.5) is 0 Å². The maximum Gasteiger partial charge on any atom is 0.123 e. The monoisotopic (exact) mass is 263 g/mol. The fourth-order valence-electron chi connectivity index (χ4n) is 2.93.